The number of rotatable bonds is 3. The Kier molecular flexibility index (Phi) is 3.72. The minimum atomic E-state index is -1.28. The first-order valence-corrected chi connectivity index (χ1v) is 4.77. The molecule has 17 heavy (non-hydrogen) atoms. The van der Waals surface area contributed by atoms with E-state index in [0.29, 0.717) is 12.1 Å². The molecule has 0 unspecified atom stereocenters. The average molecular weight is 244 g/mol. The number of nitrogens with one attached hydrogen (secondary N) is 1. The van der Waals surface area contributed by atoms with Gasteiger partial charge in [0.2, 0.25) is 11.7 Å². The Labute approximate surface area is 95.6 Å². The minimum Gasteiger partial charge on any atom is -0.323 e. The third kappa shape index (κ3) is 2.96. The largest absolute Gasteiger partial charge is 0.323 e. The topological polar surface area (TPSA) is 72.2 Å². The Morgan fingerprint density at radius 3 is 2.41 bits per heavy atom. The molecule has 5 nitrogen and oxygen atoms in total. The molecule has 0 saturated heterocycles. The van der Waals surface area contributed by atoms with Crippen molar-refractivity contribution in [1.82, 2.24) is 0 Å². The van der Waals surface area contributed by atoms with Gasteiger partial charge in [-0.3, -0.25) is 14.9 Å². The summed E-state index contributed by atoms with van der Waals surface area (Å²) >= 11 is 0. The Balaban J connectivity index is 3.12. The molecule has 1 amide bonds. The van der Waals surface area contributed by atoms with Gasteiger partial charge in [0.15, 0.2) is 0 Å². The smallest absolute Gasteiger partial charge is 0.307 e. The molecule has 0 bridgehead atoms. The van der Waals surface area contributed by atoms with E-state index in [1.54, 1.807) is 13.8 Å². The average Bonchev–Trinajstić information content (AvgIpc) is 2.21. The number of benzene rings is 1. The van der Waals surface area contributed by atoms with E-state index in [9.17, 15) is 23.7 Å². The summed E-state index contributed by atoms with van der Waals surface area (Å²) in [5.74, 6) is -3.26. The van der Waals surface area contributed by atoms with E-state index in [4.69, 9.17) is 0 Å². The van der Waals surface area contributed by atoms with Crippen molar-refractivity contribution >= 4 is 17.3 Å². The van der Waals surface area contributed by atoms with Crippen molar-refractivity contribution in [1.29, 1.82) is 0 Å². The molecule has 0 aliphatic rings. The molecular formula is C10H10F2N2O3. The first-order valence-electron chi connectivity index (χ1n) is 4.77. The van der Waals surface area contributed by atoms with Crippen LogP contribution in [0.1, 0.15) is 13.8 Å². The summed E-state index contributed by atoms with van der Waals surface area (Å²) in [7, 11) is 0. The molecule has 0 fully saturated rings. The van der Waals surface area contributed by atoms with Crippen LogP contribution in [0.15, 0.2) is 12.1 Å². The first-order chi connectivity index (χ1) is 7.82. The maximum absolute atomic E-state index is 13.2. The molecule has 0 aliphatic heterocycles. The van der Waals surface area contributed by atoms with Gasteiger partial charge in [-0.15, -0.1) is 0 Å². The van der Waals surface area contributed by atoms with E-state index in [-0.39, 0.29) is 0 Å². The lowest BCUT2D eigenvalue weighted by Gasteiger charge is -2.08. The highest BCUT2D eigenvalue weighted by molar-refractivity contribution is 5.92. The van der Waals surface area contributed by atoms with Crippen molar-refractivity contribution in [2.75, 3.05) is 5.32 Å². The van der Waals surface area contributed by atoms with Gasteiger partial charge in [0.25, 0.3) is 0 Å². The molecule has 0 atom stereocenters. The number of carbonyl (C=O) groups is 1. The van der Waals surface area contributed by atoms with Crippen molar-refractivity contribution in [2.24, 2.45) is 5.92 Å². The zero-order chi connectivity index (χ0) is 13.2. The highest BCUT2D eigenvalue weighted by Gasteiger charge is 2.20. The zero-order valence-electron chi connectivity index (χ0n) is 9.16. The number of amides is 1. The van der Waals surface area contributed by atoms with E-state index in [1.165, 1.54) is 0 Å². The quantitative estimate of drug-likeness (QED) is 0.655. The molecule has 0 aromatic heterocycles. The summed E-state index contributed by atoms with van der Waals surface area (Å²) < 4.78 is 26.2. The molecule has 1 rings (SSSR count). The van der Waals surface area contributed by atoms with Crippen LogP contribution < -0.4 is 5.32 Å². The second kappa shape index (κ2) is 4.86. The molecule has 0 heterocycles. The van der Waals surface area contributed by atoms with E-state index >= 15 is 0 Å². The van der Waals surface area contributed by atoms with Gasteiger partial charge in [0, 0.05) is 18.1 Å². The van der Waals surface area contributed by atoms with Gasteiger partial charge in [-0.05, 0) is 0 Å². The molecule has 1 aromatic carbocycles. The summed E-state index contributed by atoms with van der Waals surface area (Å²) in [6, 6.07) is 1.03. The van der Waals surface area contributed by atoms with E-state index < -0.39 is 39.8 Å². The van der Waals surface area contributed by atoms with Gasteiger partial charge in [-0.1, -0.05) is 13.8 Å². The van der Waals surface area contributed by atoms with Crippen LogP contribution >= 0.6 is 0 Å². The number of nitrogens with zero attached hydrogens (tertiary/aromatic N) is 1. The van der Waals surface area contributed by atoms with E-state index in [0.717, 1.165) is 0 Å². The summed E-state index contributed by atoms with van der Waals surface area (Å²) in [6.07, 6.45) is 0. The number of hydrogen-bond acceptors (Lipinski definition) is 3. The lowest BCUT2D eigenvalue weighted by molar-refractivity contribution is -0.387. The van der Waals surface area contributed by atoms with Crippen molar-refractivity contribution in [3.63, 3.8) is 0 Å². The second-order valence-electron chi connectivity index (χ2n) is 3.68. The van der Waals surface area contributed by atoms with Gasteiger partial charge >= 0.3 is 5.69 Å². The Bertz CT molecular complexity index is 475. The molecule has 1 aromatic rings. The van der Waals surface area contributed by atoms with Crippen LogP contribution in [0.25, 0.3) is 0 Å². The van der Waals surface area contributed by atoms with E-state index in [2.05, 4.69) is 5.32 Å². The Hall–Kier alpha value is -2.05. The fraction of sp³-hybridized carbons (Fsp3) is 0.300. The summed E-state index contributed by atoms with van der Waals surface area (Å²) in [5, 5.41) is 12.6. The van der Waals surface area contributed by atoms with Gasteiger partial charge in [0.1, 0.15) is 5.82 Å². The van der Waals surface area contributed by atoms with Crippen LogP contribution in [-0.4, -0.2) is 10.8 Å². The SMILES string of the molecule is CC(C)C(=O)Nc1cc([N+](=O)[O-])c(F)cc1F. The predicted molar refractivity (Wildman–Crippen MR) is 56.5 cm³/mol. The molecular weight excluding hydrogens is 234 g/mol. The lowest BCUT2D eigenvalue weighted by Crippen LogP contribution is -2.18. The lowest BCUT2D eigenvalue weighted by atomic mass is 10.2. The van der Waals surface area contributed by atoms with Crippen LogP contribution in [-0.2, 0) is 4.79 Å². The van der Waals surface area contributed by atoms with Crippen LogP contribution in [0.4, 0.5) is 20.2 Å². The van der Waals surface area contributed by atoms with Crippen molar-refractivity contribution < 1.29 is 18.5 Å². The van der Waals surface area contributed by atoms with Crippen molar-refractivity contribution in [3.05, 3.63) is 33.9 Å². The number of carbonyl (C=O) groups excluding carboxylic acids is 1. The van der Waals surface area contributed by atoms with Gasteiger partial charge < -0.3 is 5.32 Å². The number of nitro benzene ring substituents is 1. The van der Waals surface area contributed by atoms with Crippen LogP contribution in [0.5, 0.6) is 0 Å². The molecule has 7 heteroatoms. The monoisotopic (exact) mass is 244 g/mol. The number of halogens is 2. The van der Waals surface area contributed by atoms with Crippen molar-refractivity contribution in [3.8, 4) is 0 Å². The van der Waals surface area contributed by atoms with Crippen molar-refractivity contribution in [2.45, 2.75) is 13.8 Å². The summed E-state index contributed by atoms with van der Waals surface area (Å²) in [4.78, 5) is 20.7. The standard InChI is InChI=1S/C10H10F2N2O3/c1-5(2)10(15)13-8-4-9(14(16)17)7(12)3-6(8)11/h3-5H,1-2H3,(H,13,15). The van der Waals surface area contributed by atoms with E-state index in [1.807, 2.05) is 0 Å². The van der Waals surface area contributed by atoms with Crippen LogP contribution in [0.2, 0.25) is 0 Å². The first kappa shape index (κ1) is 13.0. The summed E-state index contributed by atoms with van der Waals surface area (Å²) in [5.41, 5.74) is -1.29. The van der Waals surface area contributed by atoms with Crippen LogP contribution in [0, 0.1) is 27.7 Å². The molecule has 1 N–H and O–H groups in total. The van der Waals surface area contributed by atoms with Gasteiger partial charge in [-0.2, -0.15) is 4.39 Å². The summed E-state index contributed by atoms with van der Waals surface area (Å²) in [6.45, 7) is 3.15. The third-order valence-electron chi connectivity index (χ3n) is 2.02. The maximum atomic E-state index is 13.2. The molecule has 0 spiro atoms. The predicted octanol–water partition coefficient (Wildman–Crippen LogP) is 2.47. The highest BCUT2D eigenvalue weighted by Crippen LogP contribution is 2.25. The molecule has 0 radical (unpaired) electrons. The minimum absolute atomic E-state index is 0.369. The maximum Gasteiger partial charge on any atom is 0.307 e. The Morgan fingerprint density at radius 1 is 1.35 bits per heavy atom. The van der Waals surface area contributed by atoms with Gasteiger partial charge in [-0.25, -0.2) is 4.39 Å². The number of nitro groups is 1. The third-order valence-corrected chi connectivity index (χ3v) is 2.02. The zero-order valence-corrected chi connectivity index (χ0v) is 9.16. The Morgan fingerprint density at radius 2 is 1.94 bits per heavy atom. The molecule has 0 saturated carbocycles. The molecule has 0 aliphatic carbocycles. The normalized spacial score (nSPS) is 10.4. The fourth-order valence-electron chi connectivity index (χ4n) is 1.05. The van der Waals surface area contributed by atoms with Gasteiger partial charge in [0.05, 0.1) is 10.6 Å². The number of hydrogen-bond donors (Lipinski definition) is 1. The second-order valence-corrected chi connectivity index (χ2v) is 3.68. The highest BCUT2D eigenvalue weighted by atomic mass is 19.1. The van der Waals surface area contributed by atoms with Crippen LogP contribution in [0.3, 0.4) is 0 Å². The molecule has 92 valence electrons. The fourth-order valence-corrected chi connectivity index (χ4v) is 1.05. The number of anilines is 1.